The number of carboxylic acid groups (broad SMARTS) is 1. The van der Waals surface area contributed by atoms with E-state index >= 15 is 0 Å². The van der Waals surface area contributed by atoms with Gasteiger partial charge in [0.15, 0.2) is 0 Å². The number of morpholine rings is 1. The first-order valence-electron chi connectivity index (χ1n) is 7.59. The average molecular weight is 299 g/mol. The number of nitrogens with zero attached hydrogens (tertiary/aromatic N) is 2. The molecule has 0 spiro atoms. The molecule has 7 heteroatoms. The zero-order valence-corrected chi connectivity index (χ0v) is 12.6. The Labute approximate surface area is 125 Å². The molecule has 0 aromatic heterocycles. The number of piperidine rings is 1. The van der Waals surface area contributed by atoms with Crippen LogP contribution in [0.2, 0.25) is 0 Å². The average Bonchev–Trinajstić information content (AvgIpc) is 2.44. The number of rotatable bonds is 4. The normalized spacial score (nSPS) is 27.4. The van der Waals surface area contributed by atoms with E-state index in [4.69, 9.17) is 9.84 Å². The standard InChI is InChI=1S/C14H25N3O4/c1-16-4-2-3-11(9-16)8-15-14(20)17-5-6-21-12(10-17)7-13(18)19/h11-12H,2-10H2,1H3,(H,15,20)(H,18,19). The highest BCUT2D eigenvalue weighted by Crippen LogP contribution is 2.14. The van der Waals surface area contributed by atoms with Crippen LogP contribution in [-0.4, -0.2) is 79.4 Å². The van der Waals surface area contributed by atoms with Crippen molar-refractivity contribution in [3.8, 4) is 0 Å². The summed E-state index contributed by atoms with van der Waals surface area (Å²) in [6.07, 6.45) is 1.87. The Morgan fingerprint density at radius 1 is 1.33 bits per heavy atom. The molecule has 2 N–H and O–H groups in total. The highest BCUT2D eigenvalue weighted by molar-refractivity contribution is 5.74. The molecule has 120 valence electrons. The largest absolute Gasteiger partial charge is 0.481 e. The number of hydrogen-bond donors (Lipinski definition) is 2. The number of carbonyl (C=O) groups is 2. The van der Waals surface area contributed by atoms with Gasteiger partial charge in [-0.25, -0.2) is 4.79 Å². The van der Waals surface area contributed by atoms with E-state index in [9.17, 15) is 9.59 Å². The van der Waals surface area contributed by atoms with Crippen molar-refractivity contribution in [3.05, 3.63) is 0 Å². The van der Waals surface area contributed by atoms with E-state index in [1.807, 2.05) is 0 Å². The van der Waals surface area contributed by atoms with Gasteiger partial charge in [-0.15, -0.1) is 0 Å². The first kappa shape index (κ1) is 16.0. The molecule has 2 heterocycles. The van der Waals surface area contributed by atoms with Crippen molar-refractivity contribution in [2.24, 2.45) is 5.92 Å². The fourth-order valence-electron chi connectivity index (χ4n) is 3.01. The first-order valence-corrected chi connectivity index (χ1v) is 7.59. The zero-order chi connectivity index (χ0) is 15.2. The molecule has 0 aliphatic carbocycles. The molecular weight excluding hydrogens is 274 g/mol. The lowest BCUT2D eigenvalue weighted by molar-refractivity contribution is -0.141. The third kappa shape index (κ3) is 5.17. The van der Waals surface area contributed by atoms with Gasteiger partial charge in [0.05, 0.1) is 19.1 Å². The summed E-state index contributed by atoms with van der Waals surface area (Å²) in [6.45, 7) is 4.10. The maximum Gasteiger partial charge on any atom is 0.317 e. The van der Waals surface area contributed by atoms with Crippen molar-refractivity contribution in [1.29, 1.82) is 0 Å². The van der Waals surface area contributed by atoms with Crippen LogP contribution in [0.15, 0.2) is 0 Å². The fourth-order valence-corrected chi connectivity index (χ4v) is 3.01. The molecular formula is C14H25N3O4. The number of urea groups is 1. The van der Waals surface area contributed by atoms with E-state index in [1.165, 1.54) is 6.42 Å². The lowest BCUT2D eigenvalue weighted by Gasteiger charge is -2.34. The van der Waals surface area contributed by atoms with Crippen LogP contribution in [0, 0.1) is 5.92 Å². The van der Waals surface area contributed by atoms with Gasteiger partial charge in [0.25, 0.3) is 0 Å². The molecule has 2 aliphatic rings. The fraction of sp³-hybridized carbons (Fsp3) is 0.857. The molecule has 0 bridgehead atoms. The van der Waals surface area contributed by atoms with Gasteiger partial charge in [0.1, 0.15) is 0 Å². The molecule has 2 fully saturated rings. The van der Waals surface area contributed by atoms with Gasteiger partial charge in [-0.3, -0.25) is 4.79 Å². The number of ether oxygens (including phenoxy) is 1. The minimum atomic E-state index is -0.896. The number of hydrogen-bond acceptors (Lipinski definition) is 4. The molecule has 2 atom stereocenters. The van der Waals surface area contributed by atoms with Crippen molar-refractivity contribution in [2.75, 3.05) is 46.4 Å². The van der Waals surface area contributed by atoms with Crippen molar-refractivity contribution in [3.63, 3.8) is 0 Å². The number of carbonyl (C=O) groups excluding carboxylic acids is 1. The number of carboxylic acids is 1. The van der Waals surface area contributed by atoms with Crippen LogP contribution in [0.3, 0.4) is 0 Å². The Morgan fingerprint density at radius 3 is 2.86 bits per heavy atom. The highest BCUT2D eigenvalue weighted by atomic mass is 16.5. The van der Waals surface area contributed by atoms with Crippen molar-refractivity contribution in [2.45, 2.75) is 25.4 Å². The van der Waals surface area contributed by atoms with Crippen LogP contribution in [0.4, 0.5) is 4.79 Å². The molecule has 0 aromatic carbocycles. The monoisotopic (exact) mass is 299 g/mol. The lowest BCUT2D eigenvalue weighted by atomic mass is 9.99. The molecule has 2 aliphatic heterocycles. The van der Waals surface area contributed by atoms with Crippen LogP contribution in [0.25, 0.3) is 0 Å². The number of amides is 2. The lowest BCUT2D eigenvalue weighted by Crippen LogP contribution is -2.51. The Bertz CT molecular complexity index is 377. The number of likely N-dealkylation sites (tertiary alicyclic amines) is 1. The molecule has 0 saturated carbocycles. The van der Waals surface area contributed by atoms with Crippen LogP contribution >= 0.6 is 0 Å². The quantitative estimate of drug-likeness (QED) is 0.775. The minimum absolute atomic E-state index is 0.0583. The van der Waals surface area contributed by atoms with E-state index in [-0.39, 0.29) is 12.5 Å². The summed E-state index contributed by atoms with van der Waals surface area (Å²) in [6, 6.07) is -0.109. The molecule has 0 aromatic rings. The summed E-state index contributed by atoms with van der Waals surface area (Å²) < 4.78 is 5.37. The van der Waals surface area contributed by atoms with Gasteiger partial charge in [-0.1, -0.05) is 0 Å². The van der Waals surface area contributed by atoms with Crippen molar-refractivity contribution >= 4 is 12.0 Å². The Balaban J connectivity index is 1.73. The summed E-state index contributed by atoms with van der Waals surface area (Å²) in [5, 5.41) is 11.8. The van der Waals surface area contributed by atoms with Gasteiger partial charge < -0.3 is 25.0 Å². The van der Waals surface area contributed by atoms with Crippen molar-refractivity contribution < 1.29 is 19.4 Å². The van der Waals surface area contributed by atoms with Crippen molar-refractivity contribution in [1.82, 2.24) is 15.1 Å². The van der Waals surface area contributed by atoms with E-state index in [0.29, 0.717) is 32.2 Å². The van der Waals surface area contributed by atoms with E-state index in [2.05, 4.69) is 17.3 Å². The summed E-state index contributed by atoms with van der Waals surface area (Å²) in [5.41, 5.74) is 0. The van der Waals surface area contributed by atoms with Gasteiger partial charge in [-0.05, 0) is 32.4 Å². The second-order valence-corrected chi connectivity index (χ2v) is 5.99. The zero-order valence-electron chi connectivity index (χ0n) is 12.6. The smallest absolute Gasteiger partial charge is 0.317 e. The number of aliphatic carboxylic acids is 1. The molecule has 21 heavy (non-hydrogen) atoms. The summed E-state index contributed by atoms with van der Waals surface area (Å²) in [4.78, 5) is 26.8. The maximum atomic E-state index is 12.2. The van der Waals surface area contributed by atoms with Crippen LogP contribution in [0.5, 0.6) is 0 Å². The van der Waals surface area contributed by atoms with E-state index in [1.54, 1.807) is 4.90 Å². The maximum absolute atomic E-state index is 12.2. The molecule has 2 rings (SSSR count). The molecule has 2 saturated heterocycles. The number of nitrogens with one attached hydrogen (secondary N) is 1. The Kier molecular flexibility index (Phi) is 5.81. The van der Waals surface area contributed by atoms with Gasteiger partial charge >= 0.3 is 12.0 Å². The topological polar surface area (TPSA) is 82.1 Å². The SMILES string of the molecule is CN1CCCC(CNC(=O)N2CCOC(CC(=O)O)C2)C1. The second kappa shape index (κ2) is 7.61. The molecule has 0 radical (unpaired) electrons. The first-order chi connectivity index (χ1) is 10.0. The summed E-state index contributed by atoms with van der Waals surface area (Å²) in [5.74, 6) is -0.393. The Morgan fingerprint density at radius 2 is 2.14 bits per heavy atom. The van der Waals surface area contributed by atoms with E-state index in [0.717, 1.165) is 19.5 Å². The third-order valence-electron chi connectivity index (χ3n) is 4.09. The Hall–Kier alpha value is -1.34. The summed E-state index contributed by atoms with van der Waals surface area (Å²) in [7, 11) is 2.10. The molecule has 2 unspecified atom stereocenters. The predicted molar refractivity (Wildman–Crippen MR) is 77.2 cm³/mol. The third-order valence-corrected chi connectivity index (χ3v) is 4.09. The highest BCUT2D eigenvalue weighted by Gasteiger charge is 2.26. The second-order valence-electron chi connectivity index (χ2n) is 5.99. The van der Waals surface area contributed by atoms with Gasteiger partial charge in [0, 0.05) is 26.2 Å². The predicted octanol–water partition coefficient (Wildman–Crippen LogP) is 0.213. The molecule has 7 nitrogen and oxygen atoms in total. The van der Waals surface area contributed by atoms with Gasteiger partial charge in [-0.2, -0.15) is 0 Å². The van der Waals surface area contributed by atoms with Crippen LogP contribution < -0.4 is 5.32 Å². The minimum Gasteiger partial charge on any atom is -0.481 e. The van der Waals surface area contributed by atoms with E-state index < -0.39 is 12.1 Å². The summed E-state index contributed by atoms with van der Waals surface area (Å²) >= 11 is 0. The van der Waals surface area contributed by atoms with Crippen LogP contribution in [-0.2, 0) is 9.53 Å². The van der Waals surface area contributed by atoms with Gasteiger partial charge in [0.2, 0.25) is 0 Å². The molecule has 2 amide bonds. The van der Waals surface area contributed by atoms with Crippen LogP contribution in [0.1, 0.15) is 19.3 Å².